The van der Waals surface area contributed by atoms with Gasteiger partial charge in [-0.1, -0.05) is 32.5 Å². The van der Waals surface area contributed by atoms with E-state index in [-0.39, 0.29) is 5.41 Å². The molecule has 0 aromatic carbocycles. The molecule has 0 aliphatic rings. The van der Waals surface area contributed by atoms with E-state index in [9.17, 15) is 5.11 Å². The summed E-state index contributed by atoms with van der Waals surface area (Å²) in [6, 6.07) is 0. The molecule has 3 N–H and O–H groups in total. The molecular formula is C11H22N4OS. The van der Waals surface area contributed by atoms with Gasteiger partial charge in [0.15, 0.2) is 5.82 Å². The molecule has 0 aliphatic carbocycles. The van der Waals surface area contributed by atoms with Gasteiger partial charge in [0.2, 0.25) is 5.16 Å². The molecule has 0 radical (unpaired) electrons. The van der Waals surface area contributed by atoms with Crippen LogP contribution in [0.3, 0.4) is 0 Å². The Bertz CT molecular complexity index is 376. The number of nitrogens with two attached hydrogens (primary N) is 1. The molecule has 0 bridgehead atoms. The second-order valence-corrected chi connectivity index (χ2v) is 6.90. The van der Waals surface area contributed by atoms with Crippen LogP contribution in [-0.4, -0.2) is 31.3 Å². The van der Waals surface area contributed by atoms with Crippen LogP contribution in [0.5, 0.6) is 0 Å². The third kappa shape index (κ3) is 4.20. The number of hydrogen-bond acceptors (Lipinski definition) is 5. The van der Waals surface area contributed by atoms with Crippen molar-refractivity contribution in [3.63, 3.8) is 0 Å². The first-order chi connectivity index (χ1) is 7.61. The minimum Gasteiger partial charge on any atom is -0.390 e. The molecule has 1 rings (SSSR count). The molecule has 5 nitrogen and oxygen atoms in total. The molecule has 0 spiro atoms. The molecule has 1 aromatic heterocycles. The summed E-state index contributed by atoms with van der Waals surface area (Å²) in [5.41, 5.74) is -0.768. The van der Waals surface area contributed by atoms with Crippen molar-refractivity contribution in [2.24, 2.45) is 0 Å². The van der Waals surface area contributed by atoms with E-state index in [1.165, 1.54) is 16.4 Å². The lowest BCUT2D eigenvalue weighted by molar-refractivity contribution is 0.0777. The van der Waals surface area contributed by atoms with Gasteiger partial charge in [-0.25, -0.2) is 4.68 Å². The summed E-state index contributed by atoms with van der Waals surface area (Å²) in [5, 5.41) is 18.5. The molecule has 0 saturated heterocycles. The van der Waals surface area contributed by atoms with Crippen molar-refractivity contribution < 1.29 is 5.11 Å². The minimum atomic E-state index is -0.653. The maximum Gasteiger partial charge on any atom is 0.209 e. The van der Waals surface area contributed by atoms with E-state index in [1.807, 2.05) is 20.8 Å². The first kappa shape index (κ1) is 14.3. The van der Waals surface area contributed by atoms with Crippen molar-refractivity contribution in [2.45, 2.75) is 57.2 Å². The zero-order valence-corrected chi connectivity index (χ0v) is 12.0. The van der Waals surface area contributed by atoms with E-state index in [4.69, 9.17) is 5.84 Å². The van der Waals surface area contributed by atoms with Crippen LogP contribution >= 0.6 is 11.8 Å². The maximum atomic E-state index is 9.61. The second-order valence-electron chi connectivity index (χ2n) is 5.84. The van der Waals surface area contributed by atoms with Gasteiger partial charge in [-0.3, -0.25) is 0 Å². The second kappa shape index (κ2) is 4.86. The van der Waals surface area contributed by atoms with Crippen molar-refractivity contribution in [3.05, 3.63) is 5.82 Å². The Morgan fingerprint density at radius 3 is 2.24 bits per heavy atom. The van der Waals surface area contributed by atoms with Crippen molar-refractivity contribution in [1.29, 1.82) is 0 Å². The molecule has 17 heavy (non-hydrogen) atoms. The quantitative estimate of drug-likeness (QED) is 0.633. The Morgan fingerprint density at radius 2 is 1.82 bits per heavy atom. The fourth-order valence-corrected chi connectivity index (χ4v) is 2.39. The Morgan fingerprint density at radius 1 is 1.24 bits per heavy atom. The van der Waals surface area contributed by atoms with Crippen LogP contribution in [-0.2, 0) is 5.41 Å². The molecule has 1 aromatic rings. The Hall–Kier alpha value is -0.750. The lowest BCUT2D eigenvalue weighted by Crippen LogP contribution is -2.24. The van der Waals surface area contributed by atoms with Gasteiger partial charge in [-0.05, 0) is 20.3 Å². The zero-order valence-electron chi connectivity index (χ0n) is 11.2. The Kier molecular flexibility index (Phi) is 4.09. The SMILES string of the molecule is CC(C)(O)CCSc1nnc(C(C)(C)C)n1N. The van der Waals surface area contributed by atoms with Crippen LogP contribution in [0.2, 0.25) is 0 Å². The Balaban J connectivity index is 2.65. The summed E-state index contributed by atoms with van der Waals surface area (Å²) >= 11 is 1.52. The van der Waals surface area contributed by atoms with Crippen LogP contribution < -0.4 is 5.84 Å². The summed E-state index contributed by atoms with van der Waals surface area (Å²) in [6.07, 6.45) is 0.690. The molecule has 0 atom stereocenters. The topological polar surface area (TPSA) is 77.0 Å². The number of aliphatic hydroxyl groups is 1. The smallest absolute Gasteiger partial charge is 0.209 e. The molecule has 1 heterocycles. The van der Waals surface area contributed by atoms with Gasteiger partial charge in [0.25, 0.3) is 0 Å². The predicted molar refractivity (Wildman–Crippen MR) is 70.5 cm³/mol. The highest BCUT2D eigenvalue weighted by Gasteiger charge is 2.23. The number of rotatable bonds is 4. The van der Waals surface area contributed by atoms with Gasteiger partial charge < -0.3 is 10.9 Å². The molecule has 98 valence electrons. The summed E-state index contributed by atoms with van der Waals surface area (Å²) in [7, 11) is 0. The fourth-order valence-electron chi connectivity index (χ4n) is 1.28. The monoisotopic (exact) mass is 258 g/mol. The molecule has 0 amide bonds. The summed E-state index contributed by atoms with van der Waals surface area (Å²) in [6.45, 7) is 9.73. The van der Waals surface area contributed by atoms with E-state index in [2.05, 4.69) is 10.2 Å². The molecule has 0 aliphatic heterocycles. The standard InChI is InChI=1S/C11H22N4OS/c1-10(2,3)8-13-14-9(15(8)12)17-7-6-11(4,5)16/h16H,6-7,12H2,1-5H3. The zero-order chi connectivity index (χ0) is 13.3. The molecule has 0 unspecified atom stereocenters. The normalized spacial score (nSPS) is 13.1. The first-order valence-electron chi connectivity index (χ1n) is 5.67. The van der Waals surface area contributed by atoms with E-state index >= 15 is 0 Å². The highest BCUT2D eigenvalue weighted by molar-refractivity contribution is 7.99. The van der Waals surface area contributed by atoms with Crippen LogP contribution in [0.4, 0.5) is 0 Å². The number of thioether (sulfide) groups is 1. The van der Waals surface area contributed by atoms with Crippen LogP contribution in [0.15, 0.2) is 5.16 Å². The van der Waals surface area contributed by atoms with Crippen molar-refractivity contribution in [2.75, 3.05) is 11.6 Å². The lowest BCUT2D eigenvalue weighted by atomic mass is 9.96. The van der Waals surface area contributed by atoms with Gasteiger partial charge >= 0.3 is 0 Å². The van der Waals surface area contributed by atoms with Gasteiger partial charge in [0.05, 0.1) is 5.60 Å². The van der Waals surface area contributed by atoms with E-state index in [0.717, 1.165) is 11.6 Å². The lowest BCUT2D eigenvalue weighted by Gasteiger charge is -2.17. The van der Waals surface area contributed by atoms with E-state index in [1.54, 1.807) is 13.8 Å². The van der Waals surface area contributed by atoms with Gasteiger partial charge in [0.1, 0.15) is 0 Å². The predicted octanol–water partition coefficient (Wildman–Crippen LogP) is 1.54. The average Bonchev–Trinajstić information content (AvgIpc) is 2.44. The van der Waals surface area contributed by atoms with Gasteiger partial charge in [-0.2, -0.15) is 0 Å². The van der Waals surface area contributed by atoms with Crippen molar-refractivity contribution >= 4 is 11.8 Å². The highest BCUT2D eigenvalue weighted by Crippen LogP contribution is 2.24. The minimum absolute atomic E-state index is 0.114. The van der Waals surface area contributed by atoms with Crippen molar-refractivity contribution in [1.82, 2.24) is 14.9 Å². The molecule has 6 heteroatoms. The van der Waals surface area contributed by atoms with E-state index in [0.29, 0.717) is 11.6 Å². The summed E-state index contributed by atoms with van der Waals surface area (Å²) in [4.78, 5) is 0. The molecular weight excluding hydrogens is 236 g/mol. The third-order valence-electron chi connectivity index (χ3n) is 2.28. The van der Waals surface area contributed by atoms with E-state index < -0.39 is 5.60 Å². The highest BCUT2D eigenvalue weighted by atomic mass is 32.2. The molecule has 0 saturated carbocycles. The van der Waals surface area contributed by atoms with Crippen molar-refractivity contribution in [3.8, 4) is 0 Å². The number of nitrogens with zero attached hydrogens (tertiary/aromatic N) is 3. The number of nitrogen functional groups attached to an aromatic ring is 1. The fraction of sp³-hybridized carbons (Fsp3) is 0.818. The first-order valence-corrected chi connectivity index (χ1v) is 6.66. The van der Waals surface area contributed by atoms with Crippen LogP contribution in [0, 0.1) is 0 Å². The van der Waals surface area contributed by atoms with Crippen LogP contribution in [0.1, 0.15) is 46.9 Å². The average molecular weight is 258 g/mol. The van der Waals surface area contributed by atoms with Crippen LogP contribution in [0.25, 0.3) is 0 Å². The summed E-state index contributed by atoms with van der Waals surface area (Å²) in [5.74, 6) is 7.48. The maximum absolute atomic E-state index is 9.61. The third-order valence-corrected chi connectivity index (χ3v) is 3.23. The summed E-state index contributed by atoms with van der Waals surface area (Å²) < 4.78 is 1.54. The number of aromatic nitrogens is 3. The molecule has 0 fully saturated rings. The Labute approximate surface area is 107 Å². The largest absolute Gasteiger partial charge is 0.390 e. The van der Waals surface area contributed by atoms with Gasteiger partial charge in [-0.15, -0.1) is 10.2 Å². The van der Waals surface area contributed by atoms with Gasteiger partial charge in [0, 0.05) is 11.2 Å². The number of hydrogen-bond donors (Lipinski definition) is 2.